The van der Waals surface area contributed by atoms with Gasteiger partial charge in [0.05, 0.1) is 11.6 Å². The van der Waals surface area contributed by atoms with Gasteiger partial charge < -0.3 is 10.3 Å². The number of aromatic nitrogens is 2. The number of benzene rings is 1. The second kappa shape index (κ2) is 5.79. The first-order valence-corrected chi connectivity index (χ1v) is 6.92. The molecule has 20 heavy (non-hydrogen) atoms. The van der Waals surface area contributed by atoms with E-state index in [1.807, 2.05) is 12.1 Å². The molecule has 0 spiro atoms. The Hall–Kier alpha value is -2.28. The minimum absolute atomic E-state index is 0.519. The number of nitrogens with two attached hydrogens (primary N) is 1. The summed E-state index contributed by atoms with van der Waals surface area (Å²) in [5.74, 6) is 2.24. The van der Waals surface area contributed by atoms with Gasteiger partial charge in [0.15, 0.2) is 0 Å². The van der Waals surface area contributed by atoms with Gasteiger partial charge >= 0.3 is 0 Å². The second-order valence-electron chi connectivity index (χ2n) is 5.31. The molecule has 1 aromatic heterocycles. The van der Waals surface area contributed by atoms with Gasteiger partial charge in [-0.3, -0.25) is 0 Å². The third-order valence-corrected chi connectivity index (χ3v) is 3.24. The van der Waals surface area contributed by atoms with E-state index in [1.54, 1.807) is 12.1 Å². The molecule has 0 aliphatic carbocycles. The second-order valence-corrected chi connectivity index (χ2v) is 5.31. The van der Waals surface area contributed by atoms with Crippen molar-refractivity contribution in [2.45, 2.75) is 33.7 Å². The van der Waals surface area contributed by atoms with Crippen LogP contribution in [0.1, 0.15) is 32.2 Å². The van der Waals surface area contributed by atoms with E-state index in [0.29, 0.717) is 17.3 Å². The molecule has 2 aromatic rings. The molecular weight excluding hydrogens is 248 g/mol. The molecule has 4 nitrogen and oxygen atoms in total. The van der Waals surface area contributed by atoms with Crippen LogP contribution in [-0.4, -0.2) is 9.55 Å². The first-order valence-electron chi connectivity index (χ1n) is 6.92. The molecule has 104 valence electrons. The summed E-state index contributed by atoms with van der Waals surface area (Å²) in [5.41, 5.74) is 8.68. The van der Waals surface area contributed by atoms with Crippen molar-refractivity contribution in [2.75, 3.05) is 5.73 Å². The van der Waals surface area contributed by atoms with E-state index in [-0.39, 0.29) is 0 Å². The number of hydrogen-bond acceptors (Lipinski definition) is 3. The quantitative estimate of drug-likeness (QED) is 0.925. The zero-order valence-electron chi connectivity index (χ0n) is 12.2. The maximum absolute atomic E-state index is 8.84. The van der Waals surface area contributed by atoms with E-state index in [2.05, 4.69) is 36.4 Å². The smallest absolute Gasteiger partial charge is 0.131 e. The molecule has 0 radical (unpaired) electrons. The van der Waals surface area contributed by atoms with Gasteiger partial charge in [0.25, 0.3) is 0 Å². The van der Waals surface area contributed by atoms with Crippen molar-refractivity contribution in [3.05, 3.63) is 35.7 Å². The lowest BCUT2D eigenvalue weighted by Gasteiger charge is -2.11. The zero-order valence-corrected chi connectivity index (χ0v) is 12.2. The fourth-order valence-electron chi connectivity index (χ4n) is 2.27. The standard InChI is InChI=1S/C16H20N4/c1-4-14-19-15(16(18)20(14)10-11(2)3)13-7-5-12(9-17)6-8-13/h5-8,11H,4,10,18H2,1-3H3. The molecule has 1 heterocycles. The summed E-state index contributed by atoms with van der Waals surface area (Å²) >= 11 is 0. The fraction of sp³-hybridized carbons (Fsp3) is 0.375. The minimum atomic E-state index is 0.519. The van der Waals surface area contributed by atoms with Crippen LogP contribution in [0.3, 0.4) is 0 Å². The summed E-state index contributed by atoms with van der Waals surface area (Å²) in [5, 5.41) is 8.84. The van der Waals surface area contributed by atoms with Crippen LogP contribution in [-0.2, 0) is 13.0 Å². The Labute approximate surface area is 119 Å². The predicted molar refractivity (Wildman–Crippen MR) is 81.0 cm³/mol. The highest BCUT2D eigenvalue weighted by Gasteiger charge is 2.15. The number of imidazole rings is 1. The van der Waals surface area contributed by atoms with Crippen LogP contribution in [0.5, 0.6) is 0 Å². The van der Waals surface area contributed by atoms with Crippen LogP contribution in [0.15, 0.2) is 24.3 Å². The van der Waals surface area contributed by atoms with E-state index >= 15 is 0 Å². The van der Waals surface area contributed by atoms with Crippen molar-refractivity contribution >= 4 is 5.82 Å². The average molecular weight is 268 g/mol. The van der Waals surface area contributed by atoms with Crippen molar-refractivity contribution in [2.24, 2.45) is 5.92 Å². The van der Waals surface area contributed by atoms with Gasteiger partial charge in [0, 0.05) is 18.5 Å². The molecule has 4 heteroatoms. The maximum atomic E-state index is 8.84. The summed E-state index contributed by atoms with van der Waals surface area (Å²) in [6.07, 6.45) is 0.854. The van der Waals surface area contributed by atoms with Crippen LogP contribution in [0, 0.1) is 17.2 Å². The van der Waals surface area contributed by atoms with E-state index in [4.69, 9.17) is 11.0 Å². The molecule has 1 aromatic carbocycles. The molecule has 0 aliphatic heterocycles. The topological polar surface area (TPSA) is 67.6 Å². The number of nitriles is 1. The van der Waals surface area contributed by atoms with Crippen molar-refractivity contribution in [1.29, 1.82) is 5.26 Å². The van der Waals surface area contributed by atoms with E-state index < -0.39 is 0 Å². The molecular formula is C16H20N4. The van der Waals surface area contributed by atoms with Gasteiger partial charge in [0.1, 0.15) is 17.3 Å². The number of aryl methyl sites for hydroxylation is 1. The Morgan fingerprint density at radius 1 is 1.30 bits per heavy atom. The van der Waals surface area contributed by atoms with Gasteiger partial charge in [-0.15, -0.1) is 0 Å². The van der Waals surface area contributed by atoms with Crippen LogP contribution in [0.25, 0.3) is 11.3 Å². The lowest BCUT2D eigenvalue weighted by molar-refractivity contribution is 0.513. The van der Waals surface area contributed by atoms with Gasteiger partial charge in [-0.05, 0) is 18.1 Å². The van der Waals surface area contributed by atoms with Crippen molar-refractivity contribution in [3.8, 4) is 17.3 Å². The molecule has 0 aliphatic rings. The number of nitrogens with zero attached hydrogens (tertiary/aromatic N) is 3. The highest BCUT2D eigenvalue weighted by Crippen LogP contribution is 2.27. The van der Waals surface area contributed by atoms with Crippen LogP contribution >= 0.6 is 0 Å². The van der Waals surface area contributed by atoms with Crippen LogP contribution in [0.2, 0.25) is 0 Å². The normalized spacial score (nSPS) is 10.8. The monoisotopic (exact) mass is 268 g/mol. The summed E-state index contributed by atoms with van der Waals surface area (Å²) in [7, 11) is 0. The Balaban J connectivity index is 2.46. The molecule has 2 N–H and O–H groups in total. The number of anilines is 1. The summed E-state index contributed by atoms with van der Waals surface area (Å²) in [6.45, 7) is 7.29. The molecule has 0 saturated heterocycles. The number of hydrogen-bond donors (Lipinski definition) is 1. The third-order valence-electron chi connectivity index (χ3n) is 3.24. The number of rotatable bonds is 4. The Bertz CT molecular complexity index is 630. The molecule has 0 unspecified atom stereocenters. The Morgan fingerprint density at radius 2 is 1.95 bits per heavy atom. The Kier molecular flexibility index (Phi) is 4.09. The fourth-order valence-corrected chi connectivity index (χ4v) is 2.27. The lowest BCUT2D eigenvalue weighted by atomic mass is 10.1. The summed E-state index contributed by atoms with van der Waals surface area (Å²) in [6, 6.07) is 9.50. The van der Waals surface area contributed by atoms with Crippen LogP contribution < -0.4 is 5.73 Å². The Morgan fingerprint density at radius 3 is 2.45 bits per heavy atom. The first-order chi connectivity index (χ1) is 9.56. The van der Waals surface area contributed by atoms with Gasteiger partial charge in [-0.2, -0.15) is 5.26 Å². The predicted octanol–water partition coefficient (Wildman–Crippen LogP) is 3.22. The molecule has 0 atom stereocenters. The van der Waals surface area contributed by atoms with Crippen LogP contribution in [0.4, 0.5) is 5.82 Å². The summed E-state index contributed by atoms with van der Waals surface area (Å²) in [4.78, 5) is 4.66. The van der Waals surface area contributed by atoms with Crippen molar-refractivity contribution in [3.63, 3.8) is 0 Å². The number of nitrogen functional groups attached to an aromatic ring is 1. The van der Waals surface area contributed by atoms with Crippen molar-refractivity contribution < 1.29 is 0 Å². The maximum Gasteiger partial charge on any atom is 0.131 e. The highest BCUT2D eigenvalue weighted by atomic mass is 15.1. The van der Waals surface area contributed by atoms with Gasteiger partial charge in [0.2, 0.25) is 0 Å². The summed E-state index contributed by atoms with van der Waals surface area (Å²) < 4.78 is 2.10. The highest BCUT2D eigenvalue weighted by molar-refractivity contribution is 5.71. The first kappa shape index (κ1) is 14.1. The largest absolute Gasteiger partial charge is 0.383 e. The minimum Gasteiger partial charge on any atom is -0.383 e. The van der Waals surface area contributed by atoms with Crippen molar-refractivity contribution in [1.82, 2.24) is 9.55 Å². The third kappa shape index (κ3) is 2.67. The molecule has 0 amide bonds. The molecule has 0 saturated carbocycles. The SMILES string of the molecule is CCc1nc(-c2ccc(C#N)cc2)c(N)n1CC(C)C. The average Bonchev–Trinajstić information content (AvgIpc) is 2.75. The lowest BCUT2D eigenvalue weighted by Crippen LogP contribution is -2.10. The van der Waals surface area contributed by atoms with Gasteiger partial charge in [-0.1, -0.05) is 32.9 Å². The van der Waals surface area contributed by atoms with E-state index in [0.717, 1.165) is 30.0 Å². The molecule has 0 bridgehead atoms. The van der Waals surface area contributed by atoms with E-state index in [9.17, 15) is 0 Å². The molecule has 2 rings (SSSR count). The van der Waals surface area contributed by atoms with Gasteiger partial charge in [-0.25, -0.2) is 4.98 Å². The van der Waals surface area contributed by atoms with E-state index in [1.165, 1.54) is 0 Å². The molecule has 0 fully saturated rings. The zero-order chi connectivity index (χ0) is 14.7.